The summed E-state index contributed by atoms with van der Waals surface area (Å²) in [7, 11) is -4.79. The van der Waals surface area contributed by atoms with Crippen LogP contribution in [0.5, 0.6) is 0 Å². The number of likely N-dealkylation sites (tertiary alicyclic amines) is 1. The van der Waals surface area contributed by atoms with Gasteiger partial charge in [0.15, 0.2) is 17.0 Å². The molecule has 2 aromatic carbocycles. The molecule has 1 aliphatic heterocycles. The average Bonchev–Trinajstić information content (AvgIpc) is 2.99. The second-order valence-electron chi connectivity index (χ2n) is 11.3. The van der Waals surface area contributed by atoms with E-state index >= 15 is 0 Å². The monoisotopic (exact) mass is 630 g/mol. The number of benzene rings is 2. The van der Waals surface area contributed by atoms with Crippen LogP contribution in [0.15, 0.2) is 64.5 Å². The lowest BCUT2D eigenvalue weighted by atomic mass is 9.78. The van der Waals surface area contributed by atoms with Crippen LogP contribution in [0.4, 0.5) is 0 Å². The molecule has 0 bridgehead atoms. The van der Waals surface area contributed by atoms with Crippen LogP contribution in [0.25, 0.3) is 0 Å². The van der Waals surface area contributed by atoms with Gasteiger partial charge in [-0.25, -0.2) is 10.1 Å². The van der Waals surface area contributed by atoms with Gasteiger partial charge in [-0.15, -0.1) is 0 Å². The number of piperidine rings is 1. The zero-order chi connectivity index (χ0) is 32.5. The van der Waals surface area contributed by atoms with E-state index in [4.69, 9.17) is 16.2 Å². The maximum absolute atomic E-state index is 14.0. The van der Waals surface area contributed by atoms with Crippen LogP contribution in [-0.2, 0) is 29.8 Å². The van der Waals surface area contributed by atoms with Crippen molar-refractivity contribution in [3.05, 3.63) is 75.8 Å². The smallest absolute Gasteiger partial charge is 0.314 e. The van der Waals surface area contributed by atoms with Gasteiger partial charge in [-0.05, 0) is 61.8 Å². The fourth-order valence-electron chi connectivity index (χ4n) is 5.39. The second kappa shape index (κ2) is 15.0. The second-order valence-corrected chi connectivity index (χ2v) is 13.1. The number of esters is 1. The van der Waals surface area contributed by atoms with Crippen LogP contribution in [0.1, 0.15) is 64.0 Å². The van der Waals surface area contributed by atoms with Gasteiger partial charge < -0.3 is 21.1 Å². The van der Waals surface area contributed by atoms with Gasteiger partial charge in [0, 0.05) is 35.9 Å². The van der Waals surface area contributed by atoms with Crippen molar-refractivity contribution < 1.29 is 27.8 Å². The number of carbonyl (C=O) groups is 2. The summed E-state index contributed by atoms with van der Waals surface area (Å²) in [5.74, 6) is -1.21. The van der Waals surface area contributed by atoms with E-state index in [1.54, 1.807) is 13.0 Å². The number of ether oxygens (including phenoxy) is 1. The molecule has 0 saturated carbocycles. The van der Waals surface area contributed by atoms with Gasteiger partial charge in [-0.3, -0.25) is 14.6 Å². The lowest BCUT2D eigenvalue weighted by Gasteiger charge is -2.34. The van der Waals surface area contributed by atoms with Crippen molar-refractivity contribution in [1.82, 2.24) is 9.31 Å². The highest BCUT2D eigenvalue weighted by molar-refractivity contribution is 7.89. The summed E-state index contributed by atoms with van der Waals surface area (Å²) >= 11 is 0. The number of carbonyl (C=O) groups excluding carboxylic acids is 2. The molecule has 240 valence electrons. The number of guanidine groups is 1. The predicted octanol–water partition coefficient (Wildman–Crippen LogP) is 2.81. The highest BCUT2D eigenvalue weighted by atomic mass is 32.2. The zero-order valence-electron chi connectivity index (χ0n) is 25.4. The van der Waals surface area contributed by atoms with E-state index in [0.29, 0.717) is 18.4 Å². The van der Waals surface area contributed by atoms with E-state index in [1.165, 1.54) is 23.1 Å². The van der Waals surface area contributed by atoms with Crippen molar-refractivity contribution in [2.24, 2.45) is 22.4 Å². The fourth-order valence-corrected chi connectivity index (χ4v) is 6.84. The van der Waals surface area contributed by atoms with Gasteiger partial charge in [-0.1, -0.05) is 56.3 Å². The minimum absolute atomic E-state index is 0.00974. The number of nitrogens with two attached hydrogens (primary N) is 2. The maximum Gasteiger partial charge on any atom is 0.314 e. The molecule has 1 amide bonds. The molecule has 4 N–H and O–H groups in total. The molecular formula is C30H42N6O7S. The summed E-state index contributed by atoms with van der Waals surface area (Å²) in [6.45, 7) is 6.36. The Hall–Kier alpha value is -4.20. The van der Waals surface area contributed by atoms with Crippen LogP contribution in [0.2, 0.25) is 0 Å². The normalized spacial score (nSPS) is 14.8. The summed E-state index contributed by atoms with van der Waals surface area (Å²) < 4.78 is 33.1. The van der Waals surface area contributed by atoms with E-state index in [-0.39, 0.29) is 72.7 Å². The van der Waals surface area contributed by atoms with Crippen molar-refractivity contribution in [3.8, 4) is 0 Å². The summed E-state index contributed by atoms with van der Waals surface area (Å²) in [5, 5.41) is 11.4. The Morgan fingerprint density at radius 1 is 1.11 bits per heavy atom. The van der Waals surface area contributed by atoms with E-state index in [2.05, 4.69) is 4.99 Å². The van der Waals surface area contributed by atoms with Crippen molar-refractivity contribution in [2.75, 3.05) is 26.2 Å². The molecule has 0 spiro atoms. The summed E-state index contributed by atoms with van der Waals surface area (Å²) in [6, 6.07) is 13.8. The summed E-state index contributed by atoms with van der Waals surface area (Å²) in [6.07, 6.45) is 1.10. The van der Waals surface area contributed by atoms with E-state index < -0.39 is 32.4 Å². The predicted molar refractivity (Wildman–Crippen MR) is 165 cm³/mol. The molecule has 1 saturated heterocycles. The first-order valence-electron chi connectivity index (χ1n) is 14.6. The Balaban J connectivity index is 1.93. The number of nitro groups is 1. The third-order valence-electron chi connectivity index (χ3n) is 7.92. The Morgan fingerprint density at radius 3 is 2.34 bits per heavy atom. The van der Waals surface area contributed by atoms with Gasteiger partial charge in [0.1, 0.15) is 0 Å². The van der Waals surface area contributed by atoms with Crippen LogP contribution >= 0.6 is 0 Å². The molecule has 0 aliphatic carbocycles. The van der Waals surface area contributed by atoms with Gasteiger partial charge in [0.25, 0.3) is 5.91 Å². The van der Waals surface area contributed by atoms with Gasteiger partial charge in [-0.2, -0.15) is 8.42 Å². The summed E-state index contributed by atoms with van der Waals surface area (Å²) in [4.78, 5) is 43.3. The molecule has 0 unspecified atom stereocenters. The Kier molecular flexibility index (Phi) is 11.7. The molecule has 1 fully saturated rings. The van der Waals surface area contributed by atoms with Crippen LogP contribution in [-0.4, -0.2) is 72.9 Å². The standard InChI is InChI=1S/C30H42N6O7S/c1-4-43-27(37)20-22-15-18-34(19-16-22)28(38)26(14-9-17-33-29(31)32)35(36(39)40)44(41,42)25-13-8-12-24(21-25)30(2,3)23-10-6-5-7-11-23/h5-8,10-13,21-22,26H,4,9,14-20H2,1-3H3,(H4,31,32,33)/t26-/m0/s1. The third kappa shape index (κ3) is 8.46. The minimum Gasteiger partial charge on any atom is -0.466 e. The molecule has 1 heterocycles. The number of sulfonamides is 1. The van der Waals surface area contributed by atoms with Crippen molar-refractivity contribution in [1.29, 1.82) is 0 Å². The zero-order valence-corrected chi connectivity index (χ0v) is 26.2. The van der Waals surface area contributed by atoms with E-state index in [1.807, 2.05) is 44.2 Å². The van der Waals surface area contributed by atoms with Gasteiger partial charge >= 0.3 is 16.0 Å². The van der Waals surface area contributed by atoms with E-state index in [9.17, 15) is 28.1 Å². The molecule has 1 aliphatic rings. The minimum atomic E-state index is -4.79. The van der Waals surface area contributed by atoms with Crippen molar-refractivity contribution in [2.45, 2.75) is 69.2 Å². The molecule has 0 aromatic heterocycles. The molecular weight excluding hydrogens is 588 g/mol. The van der Waals surface area contributed by atoms with Crippen LogP contribution in [0, 0.1) is 16.0 Å². The maximum atomic E-state index is 14.0. The third-order valence-corrected chi connectivity index (χ3v) is 9.65. The number of hydrazine groups is 1. The highest BCUT2D eigenvalue weighted by Crippen LogP contribution is 2.34. The number of nitrogens with zero attached hydrogens (tertiary/aromatic N) is 4. The molecule has 44 heavy (non-hydrogen) atoms. The molecule has 13 nitrogen and oxygen atoms in total. The number of hydrogen-bond acceptors (Lipinski definition) is 8. The number of amides is 1. The topological polar surface area (TPSA) is 192 Å². The average molecular weight is 631 g/mol. The van der Waals surface area contributed by atoms with Crippen LogP contribution in [0.3, 0.4) is 0 Å². The van der Waals surface area contributed by atoms with Gasteiger partial charge in [0.05, 0.1) is 11.5 Å². The van der Waals surface area contributed by atoms with E-state index in [0.717, 1.165) is 5.56 Å². The molecule has 1 atom stereocenters. The Morgan fingerprint density at radius 2 is 1.75 bits per heavy atom. The largest absolute Gasteiger partial charge is 0.466 e. The van der Waals surface area contributed by atoms with Crippen molar-refractivity contribution >= 4 is 27.9 Å². The molecule has 2 aromatic rings. The first kappa shape index (κ1) is 34.3. The molecule has 14 heteroatoms. The number of aliphatic imine (C=N–C) groups is 1. The lowest BCUT2D eigenvalue weighted by molar-refractivity contribution is -0.625. The highest BCUT2D eigenvalue weighted by Gasteiger charge is 2.46. The molecule has 0 radical (unpaired) electrons. The van der Waals surface area contributed by atoms with Crippen LogP contribution < -0.4 is 11.5 Å². The summed E-state index contributed by atoms with van der Waals surface area (Å²) in [5.41, 5.74) is 11.8. The number of rotatable bonds is 14. The first-order valence-corrected chi connectivity index (χ1v) is 16.1. The quantitative estimate of drug-likeness (QED) is 0.0789. The fraction of sp³-hybridized carbons (Fsp3) is 0.500. The Bertz CT molecular complexity index is 1440. The molecule has 3 rings (SSSR count). The Labute approximate surface area is 258 Å². The lowest BCUT2D eigenvalue weighted by Crippen LogP contribution is -2.54. The van der Waals surface area contributed by atoms with Crippen molar-refractivity contribution in [3.63, 3.8) is 0 Å². The first-order chi connectivity index (χ1) is 20.8. The number of hydrogen-bond donors (Lipinski definition) is 2. The van der Waals surface area contributed by atoms with Gasteiger partial charge in [0.2, 0.25) is 0 Å². The SMILES string of the molecule is CCOC(=O)CC1CCN(C(=O)[C@H](CCCN=C(N)N)N([N+](=O)[O-])S(=O)(=O)c2cccc(C(C)(C)c3ccccc3)c2)CC1.